The highest BCUT2D eigenvalue weighted by molar-refractivity contribution is 6.02. The summed E-state index contributed by atoms with van der Waals surface area (Å²) in [7, 11) is 5.96. The Morgan fingerprint density at radius 3 is 1.92 bits per heavy atom. The van der Waals surface area contributed by atoms with Crippen LogP contribution in [0, 0.1) is 23.7 Å². The molecular weight excluding hydrogens is 1170 g/mol. The summed E-state index contributed by atoms with van der Waals surface area (Å²) in [6.45, 7) is 16.4. The minimum atomic E-state index is -1.11. The van der Waals surface area contributed by atoms with Gasteiger partial charge in [-0.05, 0) is 93.4 Å². The van der Waals surface area contributed by atoms with E-state index in [4.69, 9.17) is 19.9 Å². The zero-order valence-corrected chi connectivity index (χ0v) is 55.4. The lowest BCUT2D eigenvalue weighted by Gasteiger charge is -2.37. The molecule has 2 saturated heterocycles. The smallest absolute Gasteiger partial charge is 0.410 e. The van der Waals surface area contributed by atoms with Gasteiger partial charge in [-0.1, -0.05) is 97.4 Å². The lowest BCUT2D eigenvalue weighted by atomic mass is 9.93. The molecule has 91 heavy (non-hydrogen) atoms. The SMILES string of the molecule is COC(CC(=O)N1CCCC1C(OC)[C@@H](C)C(=O)NC(C)C(O)c1ccccc1)C(C)N(C)C(=O)[C@@H](NC(=O)C(C(C)C)N(C)C(=O)OCc1ccc(NC(=O)[C@H](CCCNC(N)=O)NC(=O)C(NC(=O)CCCCCN2C(=O)CCC2=O)C(C)C)cc1)C(C)C. The van der Waals surface area contributed by atoms with Gasteiger partial charge in [-0.3, -0.25) is 53.0 Å². The summed E-state index contributed by atoms with van der Waals surface area (Å²) < 4.78 is 17.4. The molecule has 0 bridgehead atoms. The van der Waals surface area contributed by atoms with Gasteiger partial charge in [0.1, 0.15) is 30.8 Å². The van der Waals surface area contributed by atoms with Gasteiger partial charge in [-0.25, -0.2) is 9.59 Å². The summed E-state index contributed by atoms with van der Waals surface area (Å²) in [5.41, 5.74) is 6.76. The van der Waals surface area contributed by atoms with Crippen LogP contribution >= 0.6 is 0 Å². The monoisotopic (exact) mass is 1280 g/mol. The predicted octanol–water partition coefficient (Wildman–Crippen LogP) is 4.27. The van der Waals surface area contributed by atoms with E-state index in [9.17, 15) is 57.8 Å². The van der Waals surface area contributed by atoms with Crippen LogP contribution in [0.2, 0.25) is 0 Å². The topological polar surface area (TPSA) is 347 Å². The molecule has 0 aromatic heterocycles. The zero-order valence-electron chi connectivity index (χ0n) is 55.4. The van der Waals surface area contributed by atoms with Crippen LogP contribution in [-0.4, -0.2) is 192 Å². The summed E-state index contributed by atoms with van der Waals surface area (Å²) in [6.07, 6.45) is 0.447. The Labute approximate surface area is 535 Å². The number of carbonyl (C=O) groups is 11. The van der Waals surface area contributed by atoms with Crippen LogP contribution < -0.4 is 37.6 Å². The van der Waals surface area contributed by atoms with Crippen molar-refractivity contribution in [1.82, 2.24) is 46.2 Å². The van der Waals surface area contributed by atoms with E-state index < -0.39 is 114 Å². The molecule has 8 unspecified atom stereocenters. The number of hydrogen-bond donors (Lipinski definition) is 8. The average molecular weight is 1280 g/mol. The zero-order chi connectivity index (χ0) is 67.8. The molecule has 0 radical (unpaired) electrons. The Kier molecular flexibility index (Phi) is 30.8. The lowest BCUT2D eigenvalue weighted by Crippen LogP contribution is -2.59. The molecule has 2 fully saturated rings. The van der Waals surface area contributed by atoms with Crippen molar-refractivity contribution < 1.29 is 72.1 Å². The maximum Gasteiger partial charge on any atom is 0.410 e. The number of likely N-dealkylation sites (tertiary alicyclic amines) is 2. The molecular formula is C65H101N11O15. The van der Waals surface area contributed by atoms with E-state index in [-0.39, 0.29) is 87.1 Å². The first-order chi connectivity index (χ1) is 43.0. The van der Waals surface area contributed by atoms with Crippen molar-refractivity contribution >= 4 is 71.0 Å². The van der Waals surface area contributed by atoms with E-state index in [1.54, 1.807) is 111 Å². The number of benzene rings is 2. The van der Waals surface area contributed by atoms with Gasteiger partial charge in [0.15, 0.2) is 0 Å². The van der Waals surface area contributed by atoms with Crippen LogP contribution in [-0.2, 0) is 64.0 Å². The van der Waals surface area contributed by atoms with Gasteiger partial charge < -0.3 is 66.8 Å². The van der Waals surface area contributed by atoms with E-state index in [0.717, 1.165) is 4.90 Å². The molecule has 11 atom stereocenters. The van der Waals surface area contributed by atoms with Crippen molar-refractivity contribution in [1.29, 1.82) is 0 Å². The molecule has 4 rings (SSSR count). The molecule has 0 saturated carbocycles. The summed E-state index contributed by atoms with van der Waals surface area (Å²) in [5, 5.41) is 27.5. The number of methoxy groups -OCH3 is 2. The molecule has 2 aliphatic rings. The van der Waals surface area contributed by atoms with Gasteiger partial charge in [0, 0.05) is 72.9 Å². The Morgan fingerprint density at radius 1 is 0.703 bits per heavy atom. The number of aliphatic hydroxyl groups is 1. The number of nitrogens with two attached hydrogens (primary N) is 1. The maximum absolute atomic E-state index is 14.4. The Hall–Kier alpha value is -7.71. The van der Waals surface area contributed by atoms with E-state index in [0.29, 0.717) is 62.0 Å². The minimum absolute atomic E-state index is 0.0890. The number of nitrogens with one attached hydrogen (secondary N) is 6. The average Bonchev–Trinajstić information content (AvgIpc) is 1.87. The van der Waals surface area contributed by atoms with Gasteiger partial charge in [0.2, 0.25) is 53.2 Å². The fourth-order valence-corrected chi connectivity index (χ4v) is 11.5. The van der Waals surface area contributed by atoms with Crippen molar-refractivity contribution in [3.05, 3.63) is 65.7 Å². The second-order valence-corrected chi connectivity index (χ2v) is 24.9. The van der Waals surface area contributed by atoms with Crippen molar-refractivity contribution in [2.24, 2.45) is 29.4 Å². The molecule has 26 nitrogen and oxygen atoms in total. The third-order valence-corrected chi connectivity index (χ3v) is 17.1. The van der Waals surface area contributed by atoms with Crippen molar-refractivity contribution in [3.8, 4) is 0 Å². The highest BCUT2D eigenvalue weighted by Gasteiger charge is 2.43. The van der Waals surface area contributed by atoms with Crippen molar-refractivity contribution in [3.63, 3.8) is 0 Å². The summed E-state index contributed by atoms with van der Waals surface area (Å²) in [6, 6.07) is 8.73. The highest BCUT2D eigenvalue weighted by atomic mass is 16.6. The molecule has 26 heteroatoms. The number of urea groups is 1. The number of likely N-dealkylation sites (N-methyl/N-ethyl adjacent to an activating group) is 2. The number of ether oxygens (including phenoxy) is 3. The van der Waals surface area contributed by atoms with Crippen LogP contribution in [0.4, 0.5) is 15.3 Å². The highest BCUT2D eigenvalue weighted by Crippen LogP contribution is 2.29. The number of unbranched alkanes of at least 4 members (excludes halogenated alkanes) is 2. The molecule has 2 aliphatic heterocycles. The molecule has 0 spiro atoms. The van der Waals surface area contributed by atoms with Crippen LogP contribution in [0.25, 0.3) is 0 Å². The van der Waals surface area contributed by atoms with Gasteiger partial charge >= 0.3 is 12.1 Å². The van der Waals surface area contributed by atoms with Gasteiger partial charge in [-0.2, -0.15) is 0 Å². The van der Waals surface area contributed by atoms with Crippen molar-refractivity contribution in [2.75, 3.05) is 53.3 Å². The normalized spacial score (nSPS) is 17.4. The number of anilines is 1. The van der Waals surface area contributed by atoms with Crippen LogP contribution in [0.15, 0.2) is 54.6 Å². The van der Waals surface area contributed by atoms with Gasteiger partial charge in [-0.15, -0.1) is 0 Å². The van der Waals surface area contributed by atoms with E-state index in [1.165, 1.54) is 31.1 Å². The number of hydrogen-bond acceptors (Lipinski definition) is 15. The molecule has 0 aliphatic carbocycles. The third kappa shape index (κ3) is 22.6. The number of carbonyl (C=O) groups excluding carboxylic acids is 11. The molecule has 9 N–H and O–H groups in total. The number of primary amides is 1. The Bertz CT molecular complexity index is 2750. The molecule has 2 heterocycles. The summed E-state index contributed by atoms with van der Waals surface area (Å²) in [4.78, 5) is 151. The number of rotatable bonds is 36. The van der Waals surface area contributed by atoms with E-state index >= 15 is 0 Å². The molecule has 12 amide bonds. The van der Waals surface area contributed by atoms with Crippen LogP contribution in [0.5, 0.6) is 0 Å². The first-order valence-corrected chi connectivity index (χ1v) is 31.7. The lowest BCUT2D eigenvalue weighted by molar-refractivity contribution is -0.146. The second-order valence-electron chi connectivity index (χ2n) is 24.9. The standard InChI is InChI=1S/C65H101N11O15/c1-38(2)54(71-50(77)26-18-15-19-34-76-51(78)31-32-52(76)79)61(84)70-47(24-20-33-67-64(66)87)60(83)69-46-29-27-44(28-30-46)37-91-65(88)74(11)56(40(5)6)62(85)72-55(39(3)4)63(86)73(10)43(9)49(89-12)36-53(80)75-35-21-25-48(75)58(90-13)41(7)59(82)68-42(8)57(81)45-22-16-14-17-23-45/h14,16-17,22-23,27-30,38-43,47-49,54-58,81H,15,18-21,24-26,31-37H2,1-13H3,(H,68,82)(H,69,83)(H,70,84)(H,71,77)(H,72,85)(H3,66,67,87)/t41-,42?,43?,47+,48?,49?,54?,55+,56?,57?,58?/m1/s1. The quantitative estimate of drug-likeness (QED) is 0.0349. The Morgan fingerprint density at radius 2 is 1.34 bits per heavy atom. The fourth-order valence-electron chi connectivity index (χ4n) is 11.5. The van der Waals surface area contributed by atoms with E-state index in [2.05, 4.69) is 31.9 Å². The number of nitrogens with zero attached hydrogens (tertiary/aromatic N) is 4. The van der Waals surface area contributed by atoms with Crippen LogP contribution in [0.3, 0.4) is 0 Å². The summed E-state index contributed by atoms with van der Waals surface area (Å²) >= 11 is 0. The minimum Gasteiger partial charge on any atom is -0.445 e. The fraction of sp³-hybridized carbons (Fsp3) is 0.646. The number of aliphatic hydroxyl groups excluding tert-OH is 1. The summed E-state index contributed by atoms with van der Waals surface area (Å²) in [5.74, 6) is -5.48. The first kappa shape index (κ1) is 75.7. The van der Waals surface area contributed by atoms with Gasteiger partial charge in [0.25, 0.3) is 0 Å². The second kappa shape index (κ2) is 37.0. The largest absolute Gasteiger partial charge is 0.445 e. The number of imide groups is 1. The molecule has 506 valence electrons. The Balaban J connectivity index is 1.33. The van der Waals surface area contributed by atoms with Crippen LogP contribution in [0.1, 0.15) is 150 Å². The van der Waals surface area contributed by atoms with Crippen molar-refractivity contribution in [2.45, 2.75) is 200 Å². The predicted molar refractivity (Wildman–Crippen MR) is 340 cm³/mol. The maximum atomic E-state index is 14.4. The third-order valence-electron chi connectivity index (χ3n) is 17.1. The molecule has 2 aromatic rings. The number of amides is 12. The van der Waals surface area contributed by atoms with E-state index in [1.807, 2.05) is 18.2 Å². The first-order valence-electron chi connectivity index (χ1n) is 31.7. The molecule has 2 aromatic carbocycles. The van der Waals surface area contributed by atoms with Gasteiger partial charge in [0.05, 0.1) is 48.8 Å².